The maximum Gasteiger partial charge on any atom is 0.124 e. The molecule has 4 heteroatoms. The number of para-hydroxylation sites is 1. The molecule has 118 valence electrons. The molecule has 1 heterocycles. The van der Waals surface area contributed by atoms with Crippen molar-refractivity contribution in [3.8, 4) is 5.75 Å². The largest absolute Gasteiger partial charge is 0.492 e. The predicted octanol–water partition coefficient (Wildman–Crippen LogP) is 3.28. The molecule has 21 heavy (non-hydrogen) atoms. The SMILES string of the molecule is CCCNC1c2ccccc2OCC1S(=O)CC(C)CC. The number of rotatable bonds is 7. The van der Waals surface area contributed by atoms with Gasteiger partial charge < -0.3 is 10.1 Å². The highest BCUT2D eigenvalue weighted by atomic mass is 32.2. The monoisotopic (exact) mass is 309 g/mol. The highest BCUT2D eigenvalue weighted by molar-refractivity contribution is 7.85. The summed E-state index contributed by atoms with van der Waals surface area (Å²) in [5.41, 5.74) is 1.15. The van der Waals surface area contributed by atoms with E-state index >= 15 is 0 Å². The lowest BCUT2D eigenvalue weighted by atomic mass is 10.00. The molecule has 1 N–H and O–H groups in total. The first-order chi connectivity index (χ1) is 10.2. The minimum absolute atomic E-state index is 0.0421. The molecule has 0 saturated heterocycles. The van der Waals surface area contributed by atoms with E-state index in [0.29, 0.717) is 12.5 Å². The Morgan fingerprint density at radius 1 is 1.38 bits per heavy atom. The lowest BCUT2D eigenvalue weighted by molar-refractivity contribution is 0.257. The Balaban J connectivity index is 2.18. The summed E-state index contributed by atoms with van der Waals surface area (Å²) in [6.07, 6.45) is 2.15. The number of hydrogen-bond acceptors (Lipinski definition) is 3. The fraction of sp³-hybridized carbons (Fsp3) is 0.647. The maximum atomic E-state index is 12.7. The van der Waals surface area contributed by atoms with Gasteiger partial charge in [0.15, 0.2) is 0 Å². The van der Waals surface area contributed by atoms with E-state index in [2.05, 4.69) is 32.2 Å². The molecule has 1 aliphatic rings. The van der Waals surface area contributed by atoms with Gasteiger partial charge in [-0.05, 0) is 24.9 Å². The van der Waals surface area contributed by atoms with Gasteiger partial charge in [-0.15, -0.1) is 0 Å². The average Bonchev–Trinajstić information content (AvgIpc) is 2.52. The van der Waals surface area contributed by atoms with E-state index in [1.807, 2.05) is 18.2 Å². The van der Waals surface area contributed by atoms with Crippen LogP contribution in [-0.4, -0.2) is 28.4 Å². The molecular weight excluding hydrogens is 282 g/mol. The third-order valence-corrected chi connectivity index (χ3v) is 6.11. The molecule has 1 aromatic rings. The normalized spacial score (nSPS) is 24.0. The molecule has 0 spiro atoms. The van der Waals surface area contributed by atoms with Gasteiger partial charge in [0.2, 0.25) is 0 Å². The van der Waals surface area contributed by atoms with Gasteiger partial charge in [-0.1, -0.05) is 45.4 Å². The van der Waals surface area contributed by atoms with E-state index < -0.39 is 10.8 Å². The molecule has 0 aliphatic carbocycles. The van der Waals surface area contributed by atoms with E-state index in [4.69, 9.17) is 4.74 Å². The zero-order valence-corrected chi connectivity index (χ0v) is 14.1. The van der Waals surface area contributed by atoms with E-state index in [1.165, 1.54) is 0 Å². The van der Waals surface area contributed by atoms with Crippen LogP contribution < -0.4 is 10.1 Å². The lowest BCUT2D eigenvalue weighted by Gasteiger charge is -2.34. The fourth-order valence-corrected chi connectivity index (χ4v) is 4.44. The quantitative estimate of drug-likeness (QED) is 0.840. The number of ether oxygens (including phenoxy) is 1. The van der Waals surface area contributed by atoms with Gasteiger partial charge in [-0.2, -0.15) is 0 Å². The molecule has 2 rings (SSSR count). The molecule has 0 radical (unpaired) electrons. The highest BCUT2D eigenvalue weighted by Crippen LogP contribution is 2.34. The summed E-state index contributed by atoms with van der Waals surface area (Å²) < 4.78 is 18.6. The summed E-state index contributed by atoms with van der Waals surface area (Å²) in [5.74, 6) is 2.19. The third-order valence-electron chi connectivity index (χ3n) is 4.13. The van der Waals surface area contributed by atoms with Crippen molar-refractivity contribution in [2.75, 3.05) is 18.9 Å². The number of nitrogens with one attached hydrogen (secondary N) is 1. The Bertz CT molecular complexity index is 478. The van der Waals surface area contributed by atoms with Crippen molar-refractivity contribution in [2.24, 2.45) is 5.92 Å². The number of hydrogen-bond donors (Lipinski definition) is 1. The van der Waals surface area contributed by atoms with Crippen molar-refractivity contribution in [3.05, 3.63) is 29.8 Å². The van der Waals surface area contributed by atoms with Crippen LogP contribution in [0.4, 0.5) is 0 Å². The molecular formula is C17H27NO2S. The van der Waals surface area contributed by atoms with Crippen molar-refractivity contribution in [2.45, 2.75) is 44.9 Å². The van der Waals surface area contributed by atoms with Gasteiger partial charge >= 0.3 is 0 Å². The van der Waals surface area contributed by atoms with Gasteiger partial charge in [0.25, 0.3) is 0 Å². The van der Waals surface area contributed by atoms with Gasteiger partial charge in [0.05, 0.1) is 11.3 Å². The fourth-order valence-electron chi connectivity index (χ4n) is 2.63. The molecule has 0 amide bonds. The van der Waals surface area contributed by atoms with Crippen LogP contribution in [-0.2, 0) is 10.8 Å². The van der Waals surface area contributed by atoms with Crippen LogP contribution in [0.25, 0.3) is 0 Å². The molecule has 4 atom stereocenters. The summed E-state index contributed by atoms with van der Waals surface area (Å²) in [7, 11) is -0.865. The second-order valence-corrected chi connectivity index (χ2v) is 7.58. The van der Waals surface area contributed by atoms with Gasteiger partial charge in [0.1, 0.15) is 12.4 Å². The lowest BCUT2D eigenvalue weighted by Crippen LogP contribution is -2.43. The average molecular weight is 309 g/mol. The summed E-state index contributed by atoms with van der Waals surface area (Å²) in [6.45, 7) is 7.96. The Labute approximate surface area is 130 Å². The Hall–Kier alpha value is -0.870. The van der Waals surface area contributed by atoms with Crippen LogP contribution in [0.1, 0.15) is 45.2 Å². The number of benzene rings is 1. The van der Waals surface area contributed by atoms with E-state index in [9.17, 15) is 4.21 Å². The first-order valence-corrected chi connectivity index (χ1v) is 9.37. The zero-order valence-electron chi connectivity index (χ0n) is 13.3. The Kier molecular flexibility index (Phi) is 6.24. The molecule has 0 saturated carbocycles. The molecule has 0 fully saturated rings. The predicted molar refractivity (Wildman–Crippen MR) is 89.2 cm³/mol. The highest BCUT2D eigenvalue weighted by Gasteiger charge is 2.34. The first-order valence-electron chi connectivity index (χ1n) is 7.99. The third kappa shape index (κ3) is 4.07. The van der Waals surface area contributed by atoms with Crippen molar-refractivity contribution in [1.82, 2.24) is 5.32 Å². The topological polar surface area (TPSA) is 38.3 Å². The van der Waals surface area contributed by atoms with Crippen LogP contribution >= 0.6 is 0 Å². The molecule has 1 aliphatic heterocycles. The second kappa shape index (κ2) is 7.95. The molecule has 4 unspecified atom stereocenters. The first kappa shape index (κ1) is 16.5. The summed E-state index contributed by atoms with van der Waals surface area (Å²) in [6, 6.07) is 8.26. The van der Waals surface area contributed by atoms with E-state index in [-0.39, 0.29) is 11.3 Å². The van der Waals surface area contributed by atoms with Crippen molar-refractivity contribution in [3.63, 3.8) is 0 Å². The standard InChI is InChI=1S/C17H27NO2S/c1-4-10-18-17-14-8-6-7-9-15(14)20-11-16(17)21(19)12-13(3)5-2/h6-9,13,16-18H,4-5,10-12H2,1-3H3. The van der Waals surface area contributed by atoms with Gasteiger partial charge in [0, 0.05) is 22.1 Å². The van der Waals surface area contributed by atoms with Gasteiger partial charge in [-0.3, -0.25) is 4.21 Å². The Morgan fingerprint density at radius 2 is 2.14 bits per heavy atom. The minimum Gasteiger partial charge on any atom is -0.492 e. The second-order valence-electron chi connectivity index (χ2n) is 5.88. The van der Waals surface area contributed by atoms with Crippen molar-refractivity contribution in [1.29, 1.82) is 0 Å². The van der Waals surface area contributed by atoms with Crippen molar-refractivity contribution >= 4 is 10.8 Å². The molecule has 0 aromatic heterocycles. The van der Waals surface area contributed by atoms with Gasteiger partial charge in [-0.25, -0.2) is 0 Å². The Morgan fingerprint density at radius 3 is 2.86 bits per heavy atom. The van der Waals surface area contributed by atoms with E-state index in [0.717, 1.165) is 36.5 Å². The summed E-state index contributed by atoms with van der Waals surface area (Å²) in [4.78, 5) is 0. The molecule has 3 nitrogen and oxygen atoms in total. The van der Waals surface area contributed by atoms with E-state index in [1.54, 1.807) is 0 Å². The van der Waals surface area contributed by atoms with Crippen LogP contribution in [0.2, 0.25) is 0 Å². The van der Waals surface area contributed by atoms with Crippen LogP contribution in [0.3, 0.4) is 0 Å². The van der Waals surface area contributed by atoms with Crippen molar-refractivity contribution < 1.29 is 8.95 Å². The molecule has 0 bridgehead atoms. The van der Waals surface area contributed by atoms with Crippen LogP contribution in [0.15, 0.2) is 24.3 Å². The minimum atomic E-state index is -0.865. The zero-order chi connectivity index (χ0) is 15.2. The summed E-state index contributed by atoms with van der Waals surface area (Å²) in [5, 5.41) is 3.62. The smallest absolute Gasteiger partial charge is 0.124 e. The number of fused-ring (bicyclic) bond motifs is 1. The molecule has 1 aromatic carbocycles. The van der Waals surface area contributed by atoms with Crippen LogP contribution in [0.5, 0.6) is 5.75 Å². The maximum absolute atomic E-state index is 12.7. The van der Waals surface area contributed by atoms with Crippen LogP contribution in [0, 0.1) is 5.92 Å². The summed E-state index contributed by atoms with van der Waals surface area (Å²) >= 11 is 0.